The number of rotatable bonds is 4. The zero-order valence-electron chi connectivity index (χ0n) is 8.25. The third-order valence-electron chi connectivity index (χ3n) is 2.29. The molecule has 1 aliphatic heterocycles. The van der Waals surface area contributed by atoms with Gasteiger partial charge in [0, 0.05) is 4.92 Å². The zero-order chi connectivity index (χ0) is 11.5. The van der Waals surface area contributed by atoms with Gasteiger partial charge in [-0.05, 0) is 17.7 Å². The lowest BCUT2D eigenvalue weighted by molar-refractivity contribution is -0.486. The molecule has 0 radical (unpaired) electrons. The van der Waals surface area contributed by atoms with Crippen molar-refractivity contribution in [2.24, 2.45) is 0 Å². The van der Waals surface area contributed by atoms with E-state index in [1.807, 2.05) is 5.48 Å². The van der Waals surface area contributed by atoms with Crippen molar-refractivity contribution in [3.05, 3.63) is 33.9 Å². The second-order valence-corrected chi connectivity index (χ2v) is 3.31. The summed E-state index contributed by atoms with van der Waals surface area (Å²) >= 11 is 0. The smallest absolute Gasteiger partial charge is 0.231 e. The van der Waals surface area contributed by atoms with Crippen LogP contribution in [0, 0.1) is 10.1 Å². The van der Waals surface area contributed by atoms with Crippen LogP contribution in [0.3, 0.4) is 0 Å². The van der Waals surface area contributed by atoms with Gasteiger partial charge in [-0.1, -0.05) is 6.07 Å². The molecule has 0 aromatic heterocycles. The number of fused-ring (bicyclic) bond motifs is 1. The number of nitro groups is 1. The van der Waals surface area contributed by atoms with E-state index >= 15 is 0 Å². The summed E-state index contributed by atoms with van der Waals surface area (Å²) in [6.07, 6.45) is 0. The van der Waals surface area contributed by atoms with E-state index in [4.69, 9.17) is 14.7 Å². The predicted molar refractivity (Wildman–Crippen MR) is 52.1 cm³/mol. The van der Waals surface area contributed by atoms with Gasteiger partial charge in [-0.25, -0.2) is 0 Å². The van der Waals surface area contributed by atoms with Crippen molar-refractivity contribution >= 4 is 0 Å². The second-order valence-electron chi connectivity index (χ2n) is 3.31. The molecule has 7 nitrogen and oxygen atoms in total. The first-order chi connectivity index (χ1) is 7.70. The molecule has 7 heteroatoms. The van der Waals surface area contributed by atoms with Crippen LogP contribution in [0.1, 0.15) is 11.6 Å². The number of hydrogen-bond donors (Lipinski definition) is 2. The fraction of sp³-hybridized carbons (Fsp3) is 0.333. The van der Waals surface area contributed by atoms with Crippen molar-refractivity contribution < 1.29 is 19.6 Å². The quantitative estimate of drug-likeness (QED) is 0.580. The second kappa shape index (κ2) is 4.33. The Bertz CT molecular complexity index is 409. The van der Waals surface area contributed by atoms with Gasteiger partial charge in [0.1, 0.15) is 6.04 Å². The predicted octanol–water partition coefficient (Wildman–Crippen LogP) is 0.712. The first-order valence-corrected chi connectivity index (χ1v) is 4.61. The Morgan fingerprint density at radius 1 is 1.50 bits per heavy atom. The van der Waals surface area contributed by atoms with Crippen LogP contribution < -0.4 is 15.0 Å². The molecular weight excluding hydrogens is 216 g/mol. The van der Waals surface area contributed by atoms with Crippen LogP contribution in [0.25, 0.3) is 0 Å². The molecule has 0 aliphatic carbocycles. The SMILES string of the molecule is O=[N+]([O-])CC(NO)c1ccc2c(c1)OCO2. The van der Waals surface area contributed by atoms with Gasteiger partial charge in [-0.15, -0.1) is 0 Å². The Balaban J connectivity index is 2.21. The summed E-state index contributed by atoms with van der Waals surface area (Å²) in [5.41, 5.74) is 2.48. The van der Waals surface area contributed by atoms with Crippen LogP contribution in [0.4, 0.5) is 0 Å². The number of nitrogens with one attached hydrogen (secondary N) is 1. The molecule has 0 fully saturated rings. The van der Waals surface area contributed by atoms with Gasteiger partial charge in [0.05, 0.1) is 0 Å². The van der Waals surface area contributed by atoms with Crippen molar-refractivity contribution in [2.45, 2.75) is 6.04 Å². The largest absolute Gasteiger partial charge is 0.454 e. The minimum atomic E-state index is -0.760. The molecule has 16 heavy (non-hydrogen) atoms. The van der Waals surface area contributed by atoms with Gasteiger partial charge in [0.15, 0.2) is 11.5 Å². The van der Waals surface area contributed by atoms with Crippen molar-refractivity contribution in [1.29, 1.82) is 0 Å². The maximum Gasteiger partial charge on any atom is 0.231 e. The maximum atomic E-state index is 10.4. The average molecular weight is 226 g/mol. The molecule has 2 rings (SSSR count). The Labute approximate surface area is 90.7 Å². The molecule has 1 atom stereocenters. The maximum absolute atomic E-state index is 10.4. The van der Waals surface area contributed by atoms with Crippen LogP contribution >= 0.6 is 0 Å². The molecule has 0 amide bonds. The van der Waals surface area contributed by atoms with E-state index in [0.29, 0.717) is 17.1 Å². The molecule has 1 aromatic rings. The first kappa shape index (κ1) is 10.7. The molecule has 86 valence electrons. The Morgan fingerprint density at radius 3 is 2.94 bits per heavy atom. The summed E-state index contributed by atoms with van der Waals surface area (Å²) in [6.45, 7) is -0.263. The lowest BCUT2D eigenvalue weighted by Gasteiger charge is -2.11. The lowest BCUT2D eigenvalue weighted by Crippen LogP contribution is -2.24. The van der Waals surface area contributed by atoms with E-state index in [9.17, 15) is 10.1 Å². The molecule has 1 unspecified atom stereocenters. The summed E-state index contributed by atoms with van der Waals surface area (Å²) in [6, 6.07) is 4.15. The highest BCUT2D eigenvalue weighted by atomic mass is 16.7. The van der Waals surface area contributed by atoms with E-state index in [2.05, 4.69) is 0 Å². The van der Waals surface area contributed by atoms with E-state index in [1.54, 1.807) is 18.2 Å². The normalized spacial score (nSPS) is 14.8. The van der Waals surface area contributed by atoms with Crippen LogP contribution in [0.5, 0.6) is 11.5 Å². The van der Waals surface area contributed by atoms with Crippen LogP contribution in [0.2, 0.25) is 0 Å². The minimum absolute atomic E-state index is 0.144. The number of nitrogens with zero attached hydrogens (tertiary/aromatic N) is 1. The van der Waals surface area contributed by atoms with Crippen LogP contribution in [0.15, 0.2) is 18.2 Å². The van der Waals surface area contributed by atoms with Gasteiger partial charge in [-0.3, -0.25) is 10.1 Å². The van der Waals surface area contributed by atoms with Crippen LogP contribution in [-0.2, 0) is 0 Å². The van der Waals surface area contributed by atoms with E-state index in [-0.39, 0.29) is 6.79 Å². The fourth-order valence-corrected chi connectivity index (χ4v) is 1.50. The molecule has 1 aromatic carbocycles. The number of benzene rings is 1. The summed E-state index contributed by atoms with van der Waals surface area (Å²) in [4.78, 5) is 9.87. The molecule has 1 aliphatic rings. The monoisotopic (exact) mass is 226 g/mol. The van der Waals surface area contributed by atoms with Crippen molar-refractivity contribution in [1.82, 2.24) is 5.48 Å². The molecule has 0 bridgehead atoms. The highest BCUT2D eigenvalue weighted by molar-refractivity contribution is 5.45. The van der Waals surface area contributed by atoms with Gasteiger partial charge in [0.25, 0.3) is 0 Å². The van der Waals surface area contributed by atoms with Gasteiger partial charge in [-0.2, -0.15) is 5.48 Å². The average Bonchev–Trinajstić information content (AvgIpc) is 2.72. The van der Waals surface area contributed by atoms with Crippen molar-refractivity contribution in [2.75, 3.05) is 13.3 Å². The molecule has 2 N–H and O–H groups in total. The van der Waals surface area contributed by atoms with E-state index in [0.717, 1.165) is 0 Å². The topological polar surface area (TPSA) is 93.9 Å². The first-order valence-electron chi connectivity index (χ1n) is 4.61. The van der Waals surface area contributed by atoms with E-state index < -0.39 is 17.5 Å². The summed E-state index contributed by atoms with van der Waals surface area (Å²) in [5, 5.41) is 19.2. The highest BCUT2D eigenvalue weighted by Gasteiger charge is 2.20. The fourth-order valence-electron chi connectivity index (χ4n) is 1.50. The number of ether oxygens (including phenoxy) is 2. The third kappa shape index (κ3) is 2.05. The summed E-state index contributed by atoms with van der Waals surface area (Å²) < 4.78 is 10.2. The molecule has 0 spiro atoms. The molecule has 1 heterocycles. The Morgan fingerprint density at radius 2 is 2.25 bits per heavy atom. The molecule has 0 saturated heterocycles. The summed E-state index contributed by atoms with van der Waals surface area (Å²) in [7, 11) is 0. The summed E-state index contributed by atoms with van der Waals surface area (Å²) in [5.74, 6) is 1.13. The Kier molecular flexibility index (Phi) is 2.88. The van der Waals surface area contributed by atoms with Crippen molar-refractivity contribution in [3.63, 3.8) is 0 Å². The lowest BCUT2D eigenvalue weighted by atomic mass is 10.1. The van der Waals surface area contributed by atoms with Gasteiger partial charge >= 0.3 is 0 Å². The number of hydrogen-bond acceptors (Lipinski definition) is 6. The molecular formula is C9H10N2O5. The van der Waals surface area contributed by atoms with Crippen molar-refractivity contribution in [3.8, 4) is 11.5 Å². The minimum Gasteiger partial charge on any atom is -0.454 e. The number of hydroxylamine groups is 1. The van der Waals surface area contributed by atoms with Gasteiger partial charge in [0.2, 0.25) is 13.3 Å². The highest BCUT2D eigenvalue weighted by Crippen LogP contribution is 2.34. The third-order valence-corrected chi connectivity index (χ3v) is 2.29. The van der Waals surface area contributed by atoms with E-state index in [1.165, 1.54) is 0 Å². The van der Waals surface area contributed by atoms with Gasteiger partial charge < -0.3 is 14.7 Å². The standard InChI is InChI=1S/C9H10N2O5/c12-10-7(4-11(13)14)6-1-2-8-9(3-6)16-5-15-8/h1-3,7,10,12H,4-5H2. The molecule has 0 saturated carbocycles. The zero-order valence-corrected chi connectivity index (χ0v) is 8.25. The Hall–Kier alpha value is -1.86. The van der Waals surface area contributed by atoms with Crippen LogP contribution in [-0.4, -0.2) is 23.5 Å².